The van der Waals surface area contributed by atoms with Crippen LogP contribution in [0, 0.1) is 5.92 Å². The van der Waals surface area contributed by atoms with Gasteiger partial charge in [-0.2, -0.15) is 0 Å². The van der Waals surface area contributed by atoms with Gasteiger partial charge >= 0.3 is 0 Å². The highest BCUT2D eigenvalue weighted by molar-refractivity contribution is 14.0. The van der Waals surface area contributed by atoms with E-state index in [1.165, 1.54) is 18.4 Å². The van der Waals surface area contributed by atoms with Crippen LogP contribution in [-0.4, -0.2) is 84.2 Å². The molecule has 1 aromatic rings. The molecule has 1 atom stereocenters. The lowest BCUT2D eigenvalue weighted by atomic mass is 10.1. The minimum Gasteiger partial charge on any atom is -0.382 e. The van der Waals surface area contributed by atoms with Crippen LogP contribution in [0.25, 0.3) is 0 Å². The molecule has 0 aliphatic carbocycles. The lowest BCUT2D eigenvalue weighted by Gasteiger charge is -2.21. The van der Waals surface area contributed by atoms with E-state index in [0.29, 0.717) is 25.7 Å². The van der Waals surface area contributed by atoms with E-state index < -0.39 is 10.0 Å². The van der Waals surface area contributed by atoms with Crippen molar-refractivity contribution in [3.8, 4) is 0 Å². The van der Waals surface area contributed by atoms with Crippen molar-refractivity contribution in [1.29, 1.82) is 0 Å². The highest BCUT2D eigenvalue weighted by atomic mass is 127. The monoisotopic (exact) mass is 554 g/mol. The van der Waals surface area contributed by atoms with Crippen molar-refractivity contribution in [3.05, 3.63) is 29.8 Å². The first kappa shape index (κ1) is 27.1. The molecule has 0 spiro atoms. The summed E-state index contributed by atoms with van der Waals surface area (Å²) in [5.41, 5.74) is 0.969. The Morgan fingerprint density at radius 2 is 1.97 bits per heavy atom. The van der Waals surface area contributed by atoms with Gasteiger partial charge in [0.1, 0.15) is 0 Å². The third kappa shape index (κ3) is 7.95. The predicted octanol–water partition coefficient (Wildman–Crippen LogP) is 2.01. The molecule has 10 heteroatoms. The summed E-state index contributed by atoms with van der Waals surface area (Å²) < 4.78 is 36.2. The Morgan fingerprint density at radius 3 is 2.57 bits per heavy atom. The third-order valence-electron chi connectivity index (χ3n) is 4.82. The number of nitrogens with zero attached hydrogens (tertiary/aromatic N) is 3. The number of nitrogens with one attached hydrogen (secondary N) is 1. The quantitative estimate of drug-likeness (QED) is 0.206. The molecule has 1 aliphatic rings. The number of benzene rings is 1. The fourth-order valence-corrected chi connectivity index (χ4v) is 4.02. The maximum Gasteiger partial charge on any atom is 0.242 e. The van der Waals surface area contributed by atoms with E-state index in [-0.39, 0.29) is 28.9 Å². The molecule has 1 aliphatic heterocycles. The molecule has 172 valence electrons. The van der Waals surface area contributed by atoms with Gasteiger partial charge in [0.15, 0.2) is 5.96 Å². The smallest absolute Gasteiger partial charge is 0.242 e. The second-order valence-corrected chi connectivity index (χ2v) is 9.42. The summed E-state index contributed by atoms with van der Waals surface area (Å²) in [6, 6.07) is 6.91. The summed E-state index contributed by atoms with van der Waals surface area (Å²) in [6.07, 6.45) is 1.08. The second-order valence-electron chi connectivity index (χ2n) is 7.27. The Morgan fingerprint density at radius 1 is 1.27 bits per heavy atom. The number of likely N-dealkylation sites (tertiary alicyclic amines) is 1. The maximum absolute atomic E-state index is 12.2. The highest BCUT2D eigenvalue weighted by Gasteiger charge is 2.25. The molecule has 1 N–H and O–H groups in total. The summed E-state index contributed by atoms with van der Waals surface area (Å²) >= 11 is 0. The number of guanidine groups is 1. The summed E-state index contributed by atoms with van der Waals surface area (Å²) in [4.78, 5) is 7.30. The van der Waals surface area contributed by atoms with Crippen molar-refractivity contribution in [3.63, 3.8) is 0 Å². The van der Waals surface area contributed by atoms with Gasteiger partial charge < -0.3 is 19.7 Å². The Balaban J connectivity index is 0.00000450. The number of methoxy groups -OCH3 is 1. The number of sulfonamides is 1. The van der Waals surface area contributed by atoms with Crippen LogP contribution in [0.15, 0.2) is 34.2 Å². The van der Waals surface area contributed by atoms with Crippen LogP contribution >= 0.6 is 24.0 Å². The Bertz CT molecular complexity index is 757. The van der Waals surface area contributed by atoms with E-state index >= 15 is 0 Å². The van der Waals surface area contributed by atoms with E-state index in [1.54, 1.807) is 19.2 Å². The zero-order valence-corrected chi connectivity index (χ0v) is 21.5. The first-order chi connectivity index (χ1) is 13.9. The summed E-state index contributed by atoms with van der Waals surface area (Å²) in [5, 5.41) is 3.35. The summed E-state index contributed by atoms with van der Waals surface area (Å²) in [5.74, 6) is 1.38. The summed E-state index contributed by atoms with van der Waals surface area (Å²) in [6.45, 7) is 7.19. The van der Waals surface area contributed by atoms with Gasteiger partial charge in [-0.25, -0.2) is 17.7 Å². The second kappa shape index (κ2) is 13.5. The minimum absolute atomic E-state index is 0. The largest absolute Gasteiger partial charge is 0.382 e. The first-order valence-electron chi connectivity index (χ1n) is 9.99. The molecule has 1 fully saturated rings. The molecule has 1 unspecified atom stereocenters. The molecular weight excluding hydrogens is 519 g/mol. The van der Waals surface area contributed by atoms with Crippen LogP contribution < -0.4 is 5.32 Å². The van der Waals surface area contributed by atoms with Crippen molar-refractivity contribution in [2.75, 3.05) is 60.7 Å². The van der Waals surface area contributed by atoms with Crippen LogP contribution in [0.2, 0.25) is 0 Å². The molecule has 1 heterocycles. The van der Waals surface area contributed by atoms with Gasteiger partial charge in [0.2, 0.25) is 10.0 Å². The van der Waals surface area contributed by atoms with E-state index in [1.807, 2.05) is 12.1 Å². The number of ether oxygens (including phenoxy) is 2. The SMILES string of the molecule is CCNC(=NCc1ccc(S(=O)(=O)N(C)C)cc1)N1CCC(COCCOC)C1.I. The molecule has 1 aromatic carbocycles. The van der Waals surface area contributed by atoms with Gasteiger partial charge in [-0.3, -0.25) is 0 Å². The van der Waals surface area contributed by atoms with E-state index in [9.17, 15) is 8.42 Å². The molecule has 2 rings (SSSR count). The van der Waals surface area contributed by atoms with E-state index in [0.717, 1.165) is 44.2 Å². The lowest BCUT2D eigenvalue weighted by molar-refractivity contribution is 0.0536. The zero-order chi connectivity index (χ0) is 21.3. The van der Waals surface area contributed by atoms with Crippen LogP contribution in [0.5, 0.6) is 0 Å². The van der Waals surface area contributed by atoms with Gasteiger partial charge in [-0.05, 0) is 31.0 Å². The average molecular weight is 554 g/mol. The predicted molar refractivity (Wildman–Crippen MR) is 130 cm³/mol. The van der Waals surface area contributed by atoms with Crippen molar-refractivity contribution >= 4 is 40.0 Å². The molecule has 0 amide bonds. The Labute approximate surface area is 198 Å². The van der Waals surface area contributed by atoms with Gasteiger partial charge in [-0.1, -0.05) is 12.1 Å². The van der Waals surface area contributed by atoms with Crippen LogP contribution in [-0.2, 0) is 26.0 Å². The molecule has 0 aromatic heterocycles. The average Bonchev–Trinajstić information content (AvgIpc) is 3.17. The number of halogens is 1. The molecule has 1 saturated heterocycles. The van der Waals surface area contributed by atoms with Crippen molar-refractivity contribution < 1.29 is 17.9 Å². The third-order valence-corrected chi connectivity index (χ3v) is 6.65. The molecule has 0 saturated carbocycles. The Hall–Kier alpha value is -0.950. The van der Waals surface area contributed by atoms with Crippen molar-refractivity contribution in [2.24, 2.45) is 10.9 Å². The fourth-order valence-electron chi connectivity index (χ4n) is 3.12. The standard InChI is InChI=1S/C20H34N4O4S.HI/c1-5-21-20(24-11-10-18(15-24)16-28-13-12-27-4)22-14-17-6-8-19(9-7-17)29(25,26)23(2)3;/h6-9,18H,5,10-16H2,1-4H3,(H,21,22);1H. The van der Waals surface area contributed by atoms with Gasteiger partial charge in [0, 0.05) is 46.8 Å². The van der Waals surface area contributed by atoms with E-state index in [2.05, 4.69) is 17.1 Å². The normalized spacial score (nSPS) is 17.3. The van der Waals surface area contributed by atoms with Gasteiger partial charge in [-0.15, -0.1) is 24.0 Å². The number of aliphatic imine (C=N–C) groups is 1. The van der Waals surface area contributed by atoms with E-state index in [4.69, 9.17) is 14.5 Å². The van der Waals surface area contributed by atoms with Crippen molar-refractivity contribution in [2.45, 2.75) is 24.8 Å². The van der Waals surface area contributed by atoms with Gasteiger partial charge in [0.05, 0.1) is 31.3 Å². The minimum atomic E-state index is -3.41. The zero-order valence-electron chi connectivity index (χ0n) is 18.3. The molecule has 0 bridgehead atoms. The van der Waals surface area contributed by atoms with Crippen LogP contribution in [0.1, 0.15) is 18.9 Å². The number of hydrogen-bond acceptors (Lipinski definition) is 5. The lowest BCUT2D eigenvalue weighted by Crippen LogP contribution is -2.40. The highest BCUT2D eigenvalue weighted by Crippen LogP contribution is 2.18. The topological polar surface area (TPSA) is 83.5 Å². The fraction of sp³-hybridized carbons (Fsp3) is 0.650. The van der Waals surface area contributed by atoms with Crippen LogP contribution in [0.3, 0.4) is 0 Å². The first-order valence-corrected chi connectivity index (χ1v) is 11.4. The van der Waals surface area contributed by atoms with Gasteiger partial charge in [0.25, 0.3) is 0 Å². The van der Waals surface area contributed by atoms with Crippen LogP contribution in [0.4, 0.5) is 0 Å². The number of hydrogen-bond donors (Lipinski definition) is 1. The number of rotatable bonds is 10. The molecular formula is C20H35IN4O4S. The molecule has 0 radical (unpaired) electrons. The van der Waals surface area contributed by atoms with Crippen molar-refractivity contribution in [1.82, 2.24) is 14.5 Å². The Kier molecular flexibility index (Phi) is 12.2. The molecule has 8 nitrogen and oxygen atoms in total. The summed E-state index contributed by atoms with van der Waals surface area (Å²) in [7, 11) is 1.33. The maximum atomic E-state index is 12.2. The molecule has 30 heavy (non-hydrogen) atoms.